The van der Waals surface area contributed by atoms with Crippen molar-refractivity contribution < 1.29 is 19.7 Å². The average molecular weight is 190 g/mol. The van der Waals surface area contributed by atoms with Gasteiger partial charge in [0.05, 0.1) is 12.2 Å². The van der Waals surface area contributed by atoms with Crippen LogP contribution >= 0.6 is 0 Å². The third kappa shape index (κ3) is 2.91. The van der Waals surface area contributed by atoms with Gasteiger partial charge in [0.1, 0.15) is 6.10 Å². The highest BCUT2D eigenvalue weighted by atomic mass is 16.7. The van der Waals surface area contributed by atoms with E-state index >= 15 is 0 Å². The molecule has 0 aliphatic carbocycles. The lowest BCUT2D eigenvalue weighted by molar-refractivity contribution is -0.260. The third-order valence-electron chi connectivity index (χ3n) is 2.17. The lowest BCUT2D eigenvalue weighted by atomic mass is 10.0. The predicted octanol–water partition coefficient (Wildman–Crippen LogP) is 0.270. The number of aliphatic hydroxyl groups is 2. The second-order valence-corrected chi connectivity index (χ2v) is 3.45. The van der Waals surface area contributed by atoms with Crippen molar-refractivity contribution in [2.45, 2.75) is 51.3 Å². The molecule has 0 unspecified atom stereocenters. The first-order valence-corrected chi connectivity index (χ1v) is 4.78. The topological polar surface area (TPSA) is 58.9 Å². The number of hydrogen-bond acceptors (Lipinski definition) is 4. The molecule has 1 saturated heterocycles. The summed E-state index contributed by atoms with van der Waals surface area (Å²) in [6.07, 6.45) is -0.906. The molecule has 0 aromatic heterocycles. The molecule has 4 heteroatoms. The Hall–Kier alpha value is -0.160. The van der Waals surface area contributed by atoms with E-state index in [9.17, 15) is 10.2 Å². The van der Waals surface area contributed by atoms with Crippen LogP contribution in [0.1, 0.15) is 26.7 Å². The van der Waals surface area contributed by atoms with Crippen LogP contribution < -0.4 is 0 Å². The zero-order valence-corrected chi connectivity index (χ0v) is 8.14. The summed E-state index contributed by atoms with van der Waals surface area (Å²) in [5, 5.41) is 18.8. The van der Waals surface area contributed by atoms with E-state index in [2.05, 4.69) is 0 Å². The van der Waals surface area contributed by atoms with Gasteiger partial charge in [-0.2, -0.15) is 0 Å². The number of hydrogen-bond donors (Lipinski definition) is 2. The van der Waals surface area contributed by atoms with Crippen molar-refractivity contribution in [3.8, 4) is 0 Å². The van der Waals surface area contributed by atoms with Gasteiger partial charge in [0, 0.05) is 13.0 Å². The normalized spacial score (nSPS) is 40.6. The molecule has 0 spiro atoms. The van der Waals surface area contributed by atoms with Crippen LogP contribution in [0.2, 0.25) is 0 Å². The summed E-state index contributed by atoms with van der Waals surface area (Å²) in [5.74, 6) is 0. The van der Waals surface area contributed by atoms with E-state index in [-0.39, 0.29) is 6.10 Å². The Balaban J connectivity index is 2.37. The van der Waals surface area contributed by atoms with Gasteiger partial charge in [0.2, 0.25) is 0 Å². The van der Waals surface area contributed by atoms with Gasteiger partial charge in [0.25, 0.3) is 0 Å². The maximum atomic E-state index is 9.47. The molecule has 2 N–H and O–H groups in total. The average Bonchev–Trinajstić information content (AvgIpc) is 2.09. The third-order valence-corrected chi connectivity index (χ3v) is 2.17. The van der Waals surface area contributed by atoms with Gasteiger partial charge in [-0.1, -0.05) is 6.92 Å². The molecule has 1 rings (SSSR count). The molecule has 0 aromatic carbocycles. The molecule has 0 radical (unpaired) electrons. The highest BCUT2D eigenvalue weighted by Crippen LogP contribution is 2.20. The summed E-state index contributed by atoms with van der Waals surface area (Å²) in [7, 11) is 0. The Morgan fingerprint density at radius 1 is 1.38 bits per heavy atom. The first kappa shape index (κ1) is 10.9. The van der Waals surface area contributed by atoms with Crippen molar-refractivity contribution >= 4 is 0 Å². The quantitative estimate of drug-likeness (QED) is 0.670. The SMILES string of the molecule is CCCO[C@@H]1O[C@@H](C)[C@@H](O)C[C@@H]1O. The van der Waals surface area contributed by atoms with E-state index in [1.54, 1.807) is 6.92 Å². The smallest absolute Gasteiger partial charge is 0.183 e. The summed E-state index contributed by atoms with van der Waals surface area (Å²) in [5.41, 5.74) is 0. The van der Waals surface area contributed by atoms with Crippen molar-refractivity contribution in [2.24, 2.45) is 0 Å². The molecule has 4 atom stereocenters. The monoisotopic (exact) mass is 190 g/mol. The summed E-state index contributed by atoms with van der Waals surface area (Å²) in [6.45, 7) is 4.34. The van der Waals surface area contributed by atoms with E-state index in [0.717, 1.165) is 6.42 Å². The largest absolute Gasteiger partial charge is 0.390 e. The molecule has 13 heavy (non-hydrogen) atoms. The molecule has 1 aliphatic heterocycles. The molecule has 1 fully saturated rings. The van der Waals surface area contributed by atoms with Gasteiger partial charge in [-0.05, 0) is 13.3 Å². The van der Waals surface area contributed by atoms with E-state index in [0.29, 0.717) is 13.0 Å². The number of ether oxygens (including phenoxy) is 2. The second kappa shape index (κ2) is 4.91. The van der Waals surface area contributed by atoms with Crippen molar-refractivity contribution in [3.63, 3.8) is 0 Å². The van der Waals surface area contributed by atoms with Crippen LogP contribution in [0.25, 0.3) is 0 Å². The van der Waals surface area contributed by atoms with E-state index in [1.807, 2.05) is 6.92 Å². The zero-order chi connectivity index (χ0) is 9.84. The van der Waals surface area contributed by atoms with Gasteiger partial charge >= 0.3 is 0 Å². The summed E-state index contributed by atoms with van der Waals surface area (Å²) < 4.78 is 10.6. The Bertz CT molecular complexity index is 151. The molecular formula is C9H18O4. The summed E-state index contributed by atoms with van der Waals surface area (Å²) >= 11 is 0. The first-order chi connectivity index (χ1) is 6.15. The van der Waals surface area contributed by atoms with Crippen molar-refractivity contribution in [1.29, 1.82) is 0 Å². The van der Waals surface area contributed by atoms with Gasteiger partial charge in [-0.25, -0.2) is 0 Å². The van der Waals surface area contributed by atoms with E-state index in [1.165, 1.54) is 0 Å². The highest BCUT2D eigenvalue weighted by molar-refractivity contribution is 4.78. The minimum atomic E-state index is -0.710. The fourth-order valence-corrected chi connectivity index (χ4v) is 1.33. The van der Waals surface area contributed by atoms with Crippen LogP contribution in [-0.4, -0.2) is 41.4 Å². The van der Waals surface area contributed by atoms with Crippen molar-refractivity contribution in [3.05, 3.63) is 0 Å². The number of aliphatic hydroxyl groups excluding tert-OH is 2. The van der Waals surface area contributed by atoms with Gasteiger partial charge < -0.3 is 19.7 Å². The molecule has 0 saturated carbocycles. The molecule has 0 aromatic rings. The second-order valence-electron chi connectivity index (χ2n) is 3.45. The fraction of sp³-hybridized carbons (Fsp3) is 1.00. The summed E-state index contributed by atoms with van der Waals surface area (Å²) in [4.78, 5) is 0. The Kier molecular flexibility index (Phi) is 4.12. The van der Waals surface area contributed by atoms with Crippen LogP contribution in [0, 0.1) is 0 Å². The molecular weight excluding hydrogens is 172 g/mol. The molecule has 1 aliphatic rings. The molecule has 4 nitrogen and oxygen atoms in total. The van der Waals surface area contributed by atoms with Crippen LogP contribution in [0.4, 0.5) is 0 Å². The highest BCUT2D eigenvalue weighted by Gasteiger charge is 2.34. The van der Waals surface area contributed by atoms with Gasteiger partial charge in [0.15, 0.2) is 6.29 Å². The van der Waals surface area contributed by atoms with Crippen molar-refractivity contribution in [1.82, 2.24) is 0 Å². The summed E-state index contributed by atoms with van der Waals surface area (Å²) in [6, 6.07) is 0. The first-order valence-electron chi connectivity index (χ1n) is 4.78. The van der Waals surface area contributed by atoms with E-state index < -0.39 is 18.5 Å². The Morgan fingerprint density at radius 3 is 2.69 bits per heavy atom. The molecule has 1 heterocycles. The molecule has 0 bridgehead atoms. The lowest BCUT2D eigenvalue weighted by Crippen LogP contribution is -2.47. The minimum Gasteiger partial charge on any atom is -0.390 e. The Morgan fingerprint density at radius 2 is 2.08 bits per heavy atom. The van der Waals surface area contributed by atoms with Crippen molar-refractivity contribution in [2.75, 3.05) is 6.61 Å². The van der Waals surface area contributed by atoms with E-state index in [4.69, 9.17) is 9.47 Å². The maximum absolute atomic E-state index is 9.47. The predicted molar refractivity (Wildman–Crippen MR) is 47.2 cm³/mol. The molecule has 0 amide bonds. The van der Waals surface area contributed by atoms with Crippen LogP contribution in [-0.2, 0) is 9.47 Å². The standard InChI is InChI=1S/C9H18O4/c1-3-4-12-9-8(11)5-7(10)6(2)13-9/h6-11H,3-5H2,1-2H3/t6-,7-,8-,9+/m0/s1. The fourth-order valence-electron chi connectivity index (χ4n) is 1.33. The van der Waals surface area contributed by atoms with Crippen LogP contribution in [0.3, 0.4) is 0 Å². The Labute approximate surface area is 78.5 Å². The minimum absolute atomic E-state index is 0.259. The van der Waals surface area contributed by atoms with Gasteiger partial charge in [-0.15, -0.1) is 0 Å². The van der Waals surface area contributed by atoms with Gasteiger partial charge in [-0.3, -0.25) is 0 Å². The molecule has 78 valence electrons. The number of rotatable bonds is 3. The van der Waals surface area contributed by atoms with Crippen LogP contribution in [0.5, 0.6) is 0 Å². The maximum Gasteiger partial charge on any atom is 0.183 e. The zero-order valence-electron chi connectivity index (χ0n) is 8.14. The lowest BCUT2D eigenvalue weighted by Gasteiger charge is -2.35. The van der Waals surface area contributed by atoms with Crippen LogP contribution in [0.15, 0.2) is 0 Å².